The van der Waals surface area contributed by atoms with E-state index in [1.165, 1.54) is 34.7 Å². The van der Waals surface area contributed by atoms with Crippen LogP contribution in [0.2, 0.25) is 5.02 Å². The summed E-state index contributed by atoms with van der Waals surface area (Å²) in [6.07, 6.45) is 6.23. The highest BCUT2D eigenvalue weighted by molar-refractivity contribution is 6.31. The number of halogens is 1. The Morgan fingerprint density at radius 1 is 1.09 bits per heavy atom. The Bertz CT molecular complexity index is 1290. The minimum Gasteiger partial charge on any atom is -0.354 e. The number of hydrogen-bond acceptors (Lipinski definition) is 4. The molecule has 1 atom stereocenters. The number of aryl methyl sites for hydroxylation is 2. The number of carbonyl (C=O) groups is 1. The van der Waals surface area contributed by atoms with Crippen LogP contribution >= 0.6 is 11.6 Å². The number of aromatic nitrogens is 2. The summed E-state index contributed by atoms with van der Waals surface area (Å²) in [7, 11) is 0. The molecule has 1 saturated heterocycles. The Hall–Kier alpha value is -3.12. The summed E-state index contributed by atoms with van der Waals surface area (Å²) in [4.78, 5) is 27.8. The highest BCUT2D eigenvalue weighted by atomic mass is 35.5. The third-order valence-electron chi connectivity index (χ3n) is 6.96. The van der Waals surface area contributed by atoms with E-state index in [9.17, 15) is 9.59 Å². The van der Waals surface area contributed by atoms with E-state index in [2.05, 4.69) is 21.4 Å². The molecule has 7 heteroatoms. The number of rotatable bonds is 4. The summed E-state index contributed by atoms with van der Waals surface area (Å²) in [5.74, 6) is 0.609. The average Bonchev–Trinajstić information content (AvgIpc) is 2.86. The van der Waals surface area contributed by atoms with Crippen LogP contribution in [0.1, 0.15) is 42.4 Å². The Kier molecular flexibility index (Phi) is 6.42. The average molecular weight is 477 g/mol. The van der Waals surface area contributed by atoms with Gasteiger partial charge in [0.1, 0.15) is 5.82 Å². The first kappa shape index (κ1) is 22.7. The fraction of sp³-hybridized carbons (Fsp3) is 0.370. The maximum absolute atomic E-state index is 13.2. The van der Waals surface area contributed by atoms with Gasteiger partial charge in [-0.3, -0.25) is 9.59 Å². The van der Waals surface area contributed by atoms with Crippen LogP contribution in [-0.2, 0) is 17.6 Å². The number of hydrogen-bond donors (Lipinski definition) is 1. The monoisotopic (exact) mass is 476 g/mol. The van der Waals surface area contributed by atoms with Gasteiger partial charge in [0.15, 0.2) is 0 Å². The highest BCUT2D eigenvalue weighted by Crippen LogP contribution is 2.29. The molecule has 0 saturated carbocycles. The van der Waals surface area contributed by atoms with Crippen molar-refractivity contribution >= 4 is 29.0 Å². The molecular formula is C27H29ClN4O2. The molecule has 176 valence electrons. The molecule has 1 aliphatic carbocycles. The second kappa shape index (κ2) is 9.63. The molecule has 6 nitrogen and oxygen atoms in total. The van der Waals surface area contributed by atoms with Gasteiger partial charge < -0.3 is 10.2 Å². The van der Waals surface area contributed by atoms with Crippen molar-refractivity contribution in [1.82, 2.24) is 9.78 Å². The smallest absolute Gasteiger partial charge is 0.271 e. The van der Waals surface area contributed by atoms with E-state index in [-0.39, 0.29) is 17.4 Å². The molecule has 5 rings (SSSR count). The number of nitrogens with zero attached hydrogens (tertiary/aromatic N) is 3. The summed E-state index contributed by atoms with van der Waals surface area (Å²) in [6, 6.07) is 15.0. The fourth-order valence-corrected chi connectivity index (χ4v) is 5.18. The molecule has 3 aromatic rings. The second-order valence-electron chi connectivity index (χ2n) is 9.30. The molecular weight excluding hydrogens is 448 g/mol. The lowest BCUT2D eigenvalue weighted by molar-refractivity contribution is -0.120. The molecule has 2 aliphatic rings. The Balaban J connectivity index is 1.34. The van der Waals surface area contributed by atoms with Crippen molar-refractivity contribution in [2.24, 2.45) is 5.92 Å². The lowest BCUT2D eigenvalue weighted by Crippen LogP contribution is -2.42. The third kappa shape index (κ3) is 4.60. The van der Waals surface area contributed by atoms with E-state index in [1.54, 1.807) is 12.1 Å². The van der Waals surface area contributed by atoms with Crippen LogP contribution in [0.25, 0.3) is 5.69 Å². The van der Waals surface area contributed by atoms with Crippen molar-refractivity contribution in [3.63, 3.8) is 0 Å². The predicted octanol–water partition coefficient (Wildman–Crippen LogP) is 4.93. The zero-order valence-electron chi connectivity index (χ0n) is 19.4. The maximum atomic E-state index is 13.2. The van der Waals surface area contributed by atoms with Gasteiger partial charge in [-0.2, -0.15) is 4.68 Å². The van der Waals surface area contributed by atoms with Gasteiger partial charge in [0.2, 0.25) is 5.91 Å². The largest absolute Gasteiger partial charge is 0.354 e. The van der Waals surface area contributed by atoms with Gasteiger partial charge in [0.25, 0.3) is 5.56 Å². The van der Waals surface area contributed by atoms with Crippen LogP contribution in [0.3, 0.4) is 0 Å². The molecule has 1 N–H and O–H groups in total. The normalized spacial score (nSPS) is 17.8. The van der Waals surface area contributed by atoms with E-state index in [4.69, 9.17) is 11.6 Å². The van der Waals surface area contributed by atoms with Gasteiger partial charge in [-0.15, -0.1) is 5.10 Å². The lowest BCUT2D eigenvalue weighted by Gasteiger charge is -2.33. The van der Waals surface area contributed by atoms with Gasteiger partial charge in [0, 0.05) is 29.9 Å². The summed E-state index contributed by atoms with van der Waals surface area (Å²) in [5, 5.41) is 8.42. The minimum absolute atomic E-state index is 0.0577. The summed E-state index contributed by atoms with van der Waals surface area (Å²) < 4.78 is 1.38. The van der Waals surface area contributed by atoms with E-state index < -0.39 is 0 Å². The third-order valence-corrected chi connectivity index (χ3v) is 7.36. The lowest BCUT2D eigenvalue weighted by atomic mass is 9.90. The first-order chi connectivity index (χ1) is 16.5. The number of carbonyl (C=O) groups excluding carboxylic acids is 1. The van der Waals surface area contributed by atoms with Gasteiger partial charge >= 0.3 is 0 Å². The van der Waals surface area contributed by atoms with Crippen molar-refractivity contribution in [1.29, 1.82) is 0 Å². The predicted molar refractivity (Wildman–Crippen MR) is 136 cm³/mol. The number of amides is 1. The van der Waals surface area contributed by atoms with Crippen molar-refractivity contribution in [2.45, 2.75) is 45.4 Å². The summed E-state index contributed by atoms with van der Waals surface area (Å²) >= 11 is 6.27. The van der Waals surface area contributed by atoms with Crippen molar-refractivity contribution in [3.8, 4) is 5.69 Å². The van der Waals surface area contributed by atoms with Crippen molar-refractivity contribution in [3.05, 3.63) is 80.6 Å². The zero-order valence-corrected chi connectivity index (χ0v) is 20.1. The van der Waals surface area contributed by atoms with Crippen molar-refractivity contribution in [2.75, 3.05) is 23.3 Å². The van der Waals surface area contributed by atoms with Crippen molar-refractivity contribution < 1.29 is 4.79 Å². The first-order valence-corrected chi connectivity index (χ1v) is 12.4. The number of anilines is 2. The van der Waals surface area contributed by atoms with Gasteiger partial charge in [0.05, 0.1) is 11.6 Å². The number of nitrogens with one attached hydrogen (secondary N) is 1. The summed E-state index contributed by atoms with van der Waals surface area (Å²) in [6.45, 7) is 3.29. The molecule has 1 amide bonds. The van der Waals surface area contributed by atoms with E-state index >= 15 is 0 Å². The van der Waals surface area contributed by atoms with E-state index in [0.717, 1.165) is 43.5 Å². The van der Waals surface area contributed by atoms with Crippen LogP contribution in [0.4, 0.5) is 11.5 Å². The van der Waals surface area contributed by atoms with Gasteiger partial charge in [-0.25, -0.2) is 0 Å². The maximum Gasteiger partial charge on any atom is 0.271 e. The summed E-state index contributed by atoms with van der Waals surface area (Å²) in [5.41, 5.74) is 4.96. The van der Waals surface area contributed by atoms with Crippen LogP contribution in [0, 0.1) is 12.8 Å². The molecule has 0 unspecified atom stereocenters. The highest BCUT2D eigenvalue weighted by Gasteiger charge is 2.28. The molecule has 2 heterocycles. The van der Waals surface area contributed by atoms with E-state index in [1.807, 2.05) is 31.2 Å². The SMILES string of the molecule is Cc1ccc(-n2nc(N3CCC[C@H](C(=O)Nc4cccc5c4CCCC5)C3)ccc2=O)cc1Cl. The molecule has 2 aromatic carbocycles. The Labute approximate surface area is 204 Å². The second-order valence-corrected chi connectivity index (χ2v) is 9.71. The zero-order chi connectivity index (χ0) is 23.7. The standard InChI is InChI=1S/C27H29ClN4O2/c1-18-11-12-21(16-23(18)28)32-26(33)14-13-25(30-32)31-15-5-8-20(17-31)27(34)29-24-10-4-7-19-6-2-3-9-22(19)24/h4,7,10-14,16,20H,2-3,5-6,8-9,15,17H2,1H3,(H,29,34)/t20-/m0/s1. The molecule has 34 heavy (non-hydrogen) atoms. The first-order valence-electron chi connectivity index (χ1n) is 12.0. The molecule has 1 aliphatic heterocycles. The number of benzene rings is 2. The molecule has 1 fully saturated rings. The quantitative estimate of drug-likeness (QED) is 0.579. The fourth-order valence-electron chi connectivity index (χ4n) is 5.00. The molecule has 0 radical (unpaired) electrons. The Morgan fingerprint density at radius 2 is 1.94 bits per heavy atom. The van der Waals surface area contributed by atoms with Gasteiger partial charge in [-0.05, 0) is 86.4 Å². The van der Waals surface area contributed by atoms with Crippen LogP contribution in [0.5, 0.6) is 0 Å². The minimum atomic E-state index is -0.219. The molecule has 1 aromatic heterocycles. The molecule has 0 spiro atoms. The molecule has 0 bridgehead atoms. The van der Waals surface area contributed by atoms with Crippen LogP contribution in [0.15, 0.2) is 53.3 Å². The van der Waals surface area contributed by atoms with Crippen LogP contribution in [-0.4, -0.2) is 28.8 Å². The Morgan fingerprint density at radius 3 is 2.79 bits per heavy atom. The number of fused-ring (bicyclic) bond motifs is 1. The van der Waals surface area contributed by atoms with Gasteiger partial charge in [-0.1, -0.05) is 29.8 Å². The topological polar surface area (TPSA) is 67.2 Å². The van der Waals surface area contributed by atoms with Crippen LogP contribution < -0.4 is 15.8 Å². The van der Waals surface area contributed by atoms with E-state index in [0.29, 0.717) is 23.1 Å². The number of piperidine rings is 1.